The van der Waals surface area contributed by atoms with Crippen LogP contribution in [0.2, 0.25) is 0 Å². The fourth-order valence-corrected chi connectivity index (χ4v) is 2.07. The van der Waals surface area contributed by atoms with Crippen molar-refractivity contribution in [2.75, 3.05) is 12.4 Å². The molecule has 26 heavy (non-hydrogen) atoms. The minimum absolute atomic E-state index is 0.0157. The van der Waals surface area contributed by atoms with Crippen molar-refractivity contribution >= 4 is 11.6 Å². The Labute approximate surface area is 147 Å². The van der Waals surface area contributed by atoms with Crippen molar-refractivity contribution in [1.82, 2.24) is 9.97 Å². The molecule has 3 rings (SSSR count). The number of carbonyl (C=O) groups is 1. The number of ether oxygens (including phenoxy) is 2. The van der Waals surface area contributed by atoms with Crippen molar-refractivity contribution < 1.29 is 23.0 Å². The normalized spacial score (nSPS) is 10.3. The van der Waals surface area contributed by atoms with Crippen LogP contribution in [0.1, 0.15) is 10.4 Å². The summed E-state index contributed by atoms with van der Waals surface area (Å²) in [6.07, 6.45) is 2.59. The number of carbonyl (C=O) groups excluding carboxylic acids is 1. The van der Waals surface area contributed by atoms with Gasteiger partial charge in [-0.05, 0) is 30.3 Å². The molecule has 8 heteroatoms. The number of amides is 1. The number of benzene rings is 2. The van der Waals surface area contributed by atoms with E-state index in [1.807, 2.05) is 0 Å². The van der Waals surface area contributed by atoms with Crippen LogP contribution in [-0.2, 0) is 0 Å². The van der Waals surface area contributed by atoms with E-state index in [1.165, 1.54) is 49.8 Å². The van der Waals surface area contributed by atoms with Gasteiger partial charge in [-0.15, -0.1) is 0 Å². The molecule has 0 bridgehead atoms. The zero-order valence-corrected chi connectivity index (χ0v) is 13.6. The Balaban J connectivity index is 1.68. The van der Waals surface area contributed by atoms with Gasteiger partial charge in [0.1, 0.15) is 0 Å². The lowest BCUT2D eigenvalue weighted by Crippen LogP contribution is -2.12. The second-order valence-electron chi connectivity index (χ2n) is 5.09. The highest BCUT2D eigenvalue weighted by Gasteiger charge is 2.11. The van der Waals surface area contributed by atoms with Gasteiger partial charge in [0.25, 0.3) is 5.91 Å². The van der Waals surface area contributed by atoms with E-state index in [4.69, 9.17) is 9.47 Å². The molecule has 1 amide bonds. The smallest absolute Gasteiger partial charge is 0.322 e. The van der Waals surface area contributed by atoms with Crippen LogP contribution in [0.4, 0.5) is 14.5 Å². The predicted molar refractivity (Wildman–Crippen MR) is 89.4 cm³/mol. The summed E-state index contributed by atoms with van der Waals surface area (Å²) in [7, 11) is 1.33. The molecule has 0 radical (unpaired) electrons. The Kier molecular flexibility index (Phi) is 5.02. The molecule has 1 N–H and O–H groups in total. The van der Waals surface area contributed by atoms with E-state index in [9.17, 15) is 13.6 Å². The van der Waals surface area contributed by atoms with Crippen LogP contribution in [0.5, 0.6) is 17.5 Å². The predicted octanol–water partition coefficient (Wildman–Crippen LogP) is 3.81. The van der Waals surface area contributed by atoms with Gasteiger partial charge in [0.2, 0.25) is 0 Å². The highest BCUT2D eigenvalue weighted by molar-refractivity contribution is 6.04. The molecular formula is C18H13F2N3O3. The average molecular weight is 357 g/mol. The van der Waals surface area contributed by atoms with Gasteiger partial charge in [0.05, 0.1) is 25.2 Å². The van der Waals surface area contributed by atoms with E-state index < -0.39 is 17.5 Å². The van der Waals surface area contributed by atoms with Crippen LogP contribution in [0, 0.1) is 11.6 Å². The lowest BCUT2D eigenvalue weighted by Gasteiger charge is -2.08. The van der Waals surface area contributed by atoms with Gasteiger partial charge < -0.3 is 14.8 Å². The first kappa shape index (κ1) is 17.3. The molecule has 1 heterocycles. The largest absolute Gasteiger partial charge is 0.494 e. The molecule has 0 aliphatic heterocycles. The second kappa shape index (κ2) is 7.56. The lowest BCUT2D eigenvalue weighted by molar-refractivity contribution is 0.102. The van der Waals surface area contributed by atoms with Crippen LogP contribution in [0.15, 0.2) is 54.9 Å². The molecule has 0 spiro atoms. The van der Waals surface area contributed by atoms with Gasteiger partial charge in [-0.25, -0.2) is 18.7 Å². The van der Waals surface area contributed by atoms with Crippen molar-refractivity contribution in [3.05, 3.63) is 72.1 Å². The summed E-state index contributed by atoms with van der Waals surface area (Å²) in [4.78, 5) is 19.9. The Hall–Kier alpha value is -3.55. The van der Waals surface area contributed by atoms with E-state index in [0.29, 0.717) is 0 Å². The molecule has 0 saturated carbocycles. The van der Waals surface area contributed by atoms with Crippen molar-refractivity contribution in [1.29, 1.82) is 0 Å². The number of hydrogen-bond donors (Lipinski definition) is 1. The number of para-hydroxylation sites is 1. The lowest BCUT2D eigenvalue weighted by atomic mass is 10.2. The molecule has 0 fully saturated rings. The third kappa shape index (κ3) is 3.92. The summed E-state index contributed by atoms with van der Waals surface area (Å²) in [5, 5.41) is 2.52. The minimum Gasteiger partial charge on any atom is -0.494 e. The topological polar surface area (TPSA) is 73.3 Å². The van der Waals surface area contributed by atoms with Gasteiger partial charge in [-0.2, -0.15) is 0 Å². The fraction of sp³-hybridized carbons (Fsp3) is 0.0556. The number of halogens is 2. The molecule has 132 valence electrons. The first-order valence-corrected chi connectivity index (χ1v) is 7.46. The standard InChI is InChI=1S/C18H13F2N3O3/c1-25-15-7-6-11(8-14(15)20)17(24)23-12-9-21-18(22-10-12)26-16-5-3-2-4-13(16)19/h2-10H,1H3,(H,23,24). The zero-order valence-electron chi connectivity index (χ0n) is 13.6. The number of nitrogens with zero attached hydrogens (tertiary/aromatic N) is 2. The Bertz CT molecular complexity index is 933. The summed E-state index contributed by atoms with van der Waals surface area (Å²) in [5.41, 5.74) is 0.377. The molecular weight excluding hydrogens is 344 g/mol. The third-order valence-corrected chi connectivity index (χ3v) is 3.34. The molecule has 0 aliphatic carbocycles. The maximum absolute atomic E-state index is 13.7. The summed E-state index contributed by atoms with van der Waals surface area (Å²) in [6, 6.07) is 9.59. The molecule has 0 aliphatic rings. The molecule has 2 aromatic carbocycles. The Morgan fingerprint density at radius 3 is 2.38 bits per heavy atom. The monoisotopic (exact) mass is 357 g/mol. The van der Waals surface area contributed by atoms with Crippen LogP contribution >= 0.6 is 0 Å². The van der Waals surface area contributed by atoms with Gasteiger partial charge >= 0.3 is 6.01 Å². The minimum atomic E-state index is -0.648. The second-order valence-corrected chi connectivity index (χ2v) is 5.09. The number of anilines is 1. The molecule has 3 aromatic rings. The highest BCUT2D eigenvalue weighted by atomic mass is 19.1. The number of rotatable bonds is 5. The molecule has 1 aromatic heterocycles. The van der Waals surface area contributed by atoms with Gasteiger partial charge in [-0.3, -0.25) is 4.79 Å². The van der Waals surface area contributed by atoms with Gasteiger partial charge in [-0.1, -0.05) is 12.1 Å². The van der Waals surface area contributed by atoms with Gasteiger partial charge in [0, 0.05) is 5.56 Å². The fourth-order valence-electron chi connectivity index (χ4n) is 2.07. The number of nitrogens with one attached hydrogen (secondary N) is 1. The maximum atomic E-state index is 13.7. The van der Waals surface area contributed by atoms with Crippen molar-refractivity contribution in [3.8, 4) is 17.5 Å². The van der Waals surface area contributed by atoms with Crippen molar-refractivity contribution in [3.63, 3.8) is 0 Å². The van der Waals surface area contributed by atoms with Crippen LogP contribution in [0.25, 0.3) is 0 Å². The van der Waals surface area contributed by atoms with E-state index in [-0.39, 0.29) is 28.8 Å². The molecule has 0 unspecified atom stereocenters. The highest BCUT2D eigenvalue weighted by Crippen LogP contribution is 2.22. The van der Waals surface area contributed by atoms with Crippen molar-refractivity contribution in [2.24, 2.45) is 0 Å². The first-order chi connectivity index (χ1) is 12.6. The van der Waals surface area contributed by atoms with Crippen LogP contribution in [0.3, 0.4) is 0 Å². The van der Waals surface area contributed by atoms with Crippen LogP contribution < -0.4 is 14.8 Å². The summed E-state index contributed by atoms with van der Waals surface area (Å²) in [6.45, 7) is 0. The quantitative estimate of drug-likeness (QED) is 0.752. The number of hydrogen-bond acceptors (Lipinski definition) is 5. The van der Waals surface area contributed by atoms with Gasteiger partial charge in [0.15, 0.2) is 23.1 Å². The molecule has 0 saturated heterocycles. The molecule has 0 atom stereocenters. The summed E-state index contributed by atoms with van der Waals surface area (Å²) >= 11 is 0. The maximum Gasteiger partial charge on any atom is 0.322 e. The van der Waals surface area contributed by atoms with E-state index >= 15 is 0 Å². The van der Waals surface area contributed by atoms with E-state index in [0.717, 1.165) is 6.07 Å². The SMILES string of the molecule is COc1ccc(C(=O)Nc2cnc(Oc3ccccc3F)nc2)cc1F. The number of methoxy groups -OCH3 is 1. The summed E-state index contributed by atoms with van der Waals surface area (Å²) in [5.74, 6) is -1.71. The first-order valence-electron chi connectivity index (χ1n) is 7.46. The zero-order chi connectivity index (χ0) is 18.5. The molecule has 6 nitrogen and oxygen atoms in total. The average Bonchev–Trinajstić information content (AvgIpc) is 2.65. The summed E-state index contributed by atoms with van der Waals surface area (Å²) < 4.78 is 37.2. The Morgan fingerprint density at radius 2 is 1.73 bits per heavy atom. The Morgan fingerprint density at radius 1 is 1.00 bits per heavy atom. The van der Waals surface area contributed by atoms with Crippen LogP contribution in [-0.4, -0.2) is 23.0 Å². The van der Waals surface area contributed by atoms with E-state index in [1.54, 1.807) is 6.07 Å². The van der Waals surface area contributed by atoms with E-state index in [2.05, 4.69) is 15.3 Å². The third-order valence-electron chi connectivity index (χ3n) is 3.34. The van der Waals surface area contributed by atoms with Crippen molar-refractivity contribution in [2.45, 2.75) is 0 Å². The number of aromatic nitrogens is 2.